The molecule has 94 valence electrons. The lowest BCUT2D eigenvalue weighted by Crippen LogP contribution is -2.63. The van der Waals surface area contributed by atoms with Crippen molar-refractivity contribution < 1.29 is 14.6 Å². The molecule has 0 amide bonds. The summed E-state index contributed by atoms with van der Waals surface area (Å²) >= 11 is 0. The normalized spacial score (nSPS) is 35.4. The lowest BCUT2D eigenvalue weighted by Gasteiger charge is -2.50. The van der Waals surface area contributed by atoms with Gasteiger partial charge in [-0.05, 0) is 27.7 Å². The minimum absolute atomic E-state index is 0.00784. The Kier molecular flexibility index (Phi) is 2.82. The zero-order valence-electron chi connectivity index (χ0n) is 10.7. The number of aliphatic hydroxyl groups excluding tert-OH is 1. The minimum Gasteiger partial charge on any atom is -0.394 e. The van der Waals surface area contributed by atoms with Gasteiger partial charge in [-0.2, -0.15) is 0 Å². The Morgan fingerprint density at radius 1 is 1.19 bits per heavy atom. The van der Waals surface area contributed by atoms with Crippen LogP contribution in [0.4, 0.5) is 0 Å². The number of hydrogen-bond acceptors (Lipinski definition) is 4. The number of aliphatic hydroxyl groups is 1. The molecule has 1 atom stereocenters. The van der Waals surface area contributed by atoms with Crippen LogP contribution in [0.3, 0.4) is 0 Å². The fourth-order valence-electron chi connectivity index (χ4n) is 3.31. The quantitative estimate of drug-likeness (QED) is 0.705. The Morgan fingerprint density at radius 3 is 2.19 bits per heavy atom. The predicted octanol–water partition coefficient (Wildman–Crippen LogP) is 1.03. The van der Waals surface area contributed by atoms with Crippen molar-refractivity contribution in [1.29, 1.82) is 0 Å². The van der Waals surface area contributed by atoms with Gasteiger partial charge in [-0.3, -0.25) is 0 Å². The summed E-state index contributed by atoms with van der Waals surface area (Å²) < 4.78 is 11.7. The number of piperidine rings is 1. The average molecular weight is 229 g/mol. The van der Waals surface area contributed by atoms with Gasteiger partial charge in [0.2, 0.25) is 0 Å². The summed E-state index contributed by atoms with van der Waals surface area (Å²) in [5, 5.41) is 12.7. The van der Waals surface area contributed by atoms with Gasteiger partial charge < -0.3 is 19.9 Å². The molecule has 1 unspecified atom stereocenters. The fourth-order valence-corrected chi connectivity index (χ4v) is 3.31. The van der Waals surface area contributed by atoms with Crippen LogP contribution < -0.4 is 5.32 Å². The van der Waals surface area contributed by atoms with Crippen LogP contribution >= 0.6 is 0 Å². The van der Waals surface area contributed by atoms with Crippen molar-refractivity contribution in [1.82, 2.24) is 5.32 Å². The van der Waals surface area contributed by atoms with Gasteiger partial charge in [0, 0.05) is 23.9 Å². The third-order valence-electron chi connectivity index (χ3n) is 3.22. The maximum atomic E-state index is 9.12. The van der Waals surface area contributed by atoms with Gasteiger partial charge in [0.1, 0.15) is 6.10 Å². The third-order valence-corrected chi connectivity index (χ3v) is 3.22. The van der Waals surface area contributed by atoms with Crippen molar-refractivity contribution in [2.75, 3.05) is 13.2 Å². The van der Waals surface area contributed by atoms with Gasteiger partial charge in [-0.25, -0.2) is 0 Å². The summed E-state index contributed by atoms with van der Waals surface area (Å²) in [6.07, 6.45) is 1.48. The maximum absolute atomic E-state index is 9.12. The Hall–Kier alpha value is -0.160. The monoisotopic (exact) mass is 229 g/mol. The topological polar surface area (TPSA) is 50.7 Å². The molecule has 16 heavy (non-hydrogen) atoms. The van der Waals surface area contributed by atoms with Crippen LogP contribution in [-0.4, -0.2) is 41.3 Å². The summed E-state index contributed by atoms with van der Waals surface area (Å²) in [6.45, 7) is 9.19. The molecule has 4 nitrogen and oxygen atoms in total. The van der Waals surface area contributed by atoms with Gasteiger partial charge in [0.15, 0.2) is 5.79 Å². The first-order valence-electron chi connectivity index (χ1n) is 5.98. The highest BCUT2D eigenvalue weighted by molar-refractivity contribution is 5.03. The molecule has 0 aromatic heterocycles. The molecule has 0 aromatic carbocycles. The second kappa shape index (κ2) is 3.67. The summed E-state index contributed by atoms with van der Waals surface area (Å²) in [7, 11) is 0. The van der Waals surface area contributed by atoms with Crippen molar-refractivity contribution in [2.24, 2.45) is 0 Å². The van der Waals surface area contributed by atoms with Crippen LogP contribution in [0.5, 0.6) is 0 Å². The fraction of sp³-hybridized carbons (Fsp3) is 1.00. The van der Waals surface area contributed by atoms with E-state index in [2.05, 4.69) is 33.0 Å². The summed E-state index contributed by atoms with van der Waals surface area (Å²) in [6, 6.07) is 0. The predicted molar refractivity (Wildman–Crippen MR) is 61.2 cm³/mol. The SMILES string of the molecule is CC1(C)CC2(CC(C)(C)N1)OCC(CO)O2. The number of nitrogens with one attached hydrogen (secondary N) is 1. The van der Waals surface area contributed by atoms with Crippen LogP contribution in [-0.2, 0) is 9.47 Å². The van der Waals surface area contributed by atoms with E-state index in [1.165, 1.54) is 0 Å². The standard InChI is InChI=1S/C12H23NO3/c1-10(2)7-12(8-11(3,4)13-10)15-6-9(5-14)16-12/h9,13-14H,5-8H2,1-4H3. The molecule has 2 aliphatic rings. The zero-order chi connectivity index (χ0) is 12.0. The second-order valence-electron chi connectivity index (χ2n) is 6.39. The zero-order valence-corrected chi connectivity index (χ0v) is 10.7. The maximum Gasteiger partial charge on any atom is 0.172 e. The van der Waals surface area contributed by atoms with E-state index in [-0.39, 0.29) is 23.8 Å². The van der Waals surface area contributed by atoms with E-state index in [0.29, 0.717) is 6.61 Å². The Morgan fingerprint density at radius 2 is 1.75 bits per heavy atom. The van der Waals surface area contributed by atoms with E-state index in [1.54, 1.807) is 0 Å². The number of hydrogen-bond donors (Lipinski definition) is 2. The lowest BCUT2D eigenvalue weighted by atomic mass is 9.79. The van der Waals surface area contributed by atoms with E-state index in [1.807, 2.05) is 0 Å². The molecule has 2 N–H and O–H groups in total. The molecule has 2 fully saturated rings. The Balaban J connectivity index is 2.16. The first-order chi connectivity index (χ1) is 7.26. The van der Waals surface area contributed by atoms with Crippen molar-refractivity contribution in [2.45, 2.75) is 63.5 Å². The van der Waals surface area contributed by atoms with Gasteiger partial charge in [-0.15, -0.1) is 0 Å². The number of ether oxygens (including phenoxy) is 2. The van der Waals surface area contributed by atoms with Crippen LogP contribution in [0.25, 0.3) is 0 Å². The van der Waals surface area contributed by atoms with Crippen molar-refractivity contribution in [3.63, 3.8) is 0 Å². The van der Waals surface area contributed by atoms with E-state index in [9.17, 15) is 0 Å². The second-order valence-corrected chi connectivity index (χ2v) is 6.39. The highest BCUT2D eigenvalue weighted by Crippen LogP contribution is 2.42. The highest BCUT2D eigenvalue weighted by atomic mass is 16.7. The molecule has 0 aromatic rings. The molecule has 0 aliphatic carbocycles. The first-order valence-corrected chi connectivity index (χ1v) is 5.98. The highest BCUT2D eigenvalue weighted by Gasteiger charge is 2.52. The average Bonchev–Trinajstić information content (AvgIpc) is 2.41. The molecular formula is C12H23NO3. The molecule has 0 bridgehead atoms. The van der Waals surface area contributed by atoms with Crippen molar-refractivity contribution in [3.8, 4) is 0 Å². The molecule has 0 radical (unpaired) electrons. The number of rotatable bonds is 1. The summed E-state index contributed by atoms with van der Waals surface area (Å²) in [4.78, 5) is 0. The third kappa shape index (κ3) is 2.40. The molecule has 1 spiro atoms. The Labute approximate surface area is 97.3 Å². The molecular weight excluding hydrogens is 206 g/mol. The van der Waals surface area contributed by atoms with Gasteiger partial charge in [0.25, 0.3) is 0 Å². The smallest absolute Gasteiger partial charge is 0.172 e. The van der Waals surface area contributed by atoms with Gasteiger partial charge in [0.05, 0.1) is 13.2 Å². The van der Waals surface area contributed by atoms with Crippen LogP contribution in [0.15, 0.2) is 0 Å². The largest absolute Gasteiger partial charge is 0.394 e. The first kappa shape index (κ1) is 12.3. The lowest BCUT2D eigenvalue weighted by molar-refractivity contribution is -0.216. The van der Waals surface area contributed by atoms with Gasteiger partial charge in [-0.1, -0.05) is 0 Å². The Bertz CT molecular complexity index is 259. The van der Waals surface area contributed by atoms with E-state index >= 15 is 0 Å². The minimum atomic E-state index is -0.508. The molecule has 0 saturated carbocycles. The van der Waals surface area contributed by atoms with E-state index in [4.69, 9.17) is 14.6 Å². The molecule has 2 rings (SSSR count). The summed E-state index contributed by atoms with van der Waals surface area (Å²) in [5.41, 5.74) is -0.0157. The van der Waals surface area contributed by atoms with Crippen LogP contribution in [0.2, 0.25) is 0 Å². The molecule has 2 heterocycles. The van der Waals surface area contributed by atoms with Crippen LogP contribution in [0.1, 0.15) is 40.5 Å². The van der Waals surface area contributed by atoms with Crippen molar-refractivity contribution in [3.05, 3.63) is 0 Å². The summed E-state index contributed by atoms with van der Waals surface area (Å²) in [5.74, 6) is -0.508. The van der Waals surface area contributed by atoms with E-state index < -0.39 is 5.79 Å². The molecule has 4 heteroatoms. The van der Waals surface area contributed by atoms with E-state index in [0.717, 1.165) is 12.8 Å². The molecule has 2 saturated heterocycles. The van der Waals surface area contributed by atoms with Crippen LogP contribution in [0, 0.1) is 0 Å². The van der Waals surface area contributed by atoms with Gasteiger partial charge >= 0.3 is 0 Å². The van der Waals surface area contributed by atoms with Crippen molar-refractivity contribution >= 4 is 0 Å². The molecule has 2 aliphatic heterocycles.